The van der Waals surface area contributed by atoms with E-state index < -0.39 is 5.54 Å². The van der Waals surface area contributed by atoms with Gasteiger partial charge in [0.1, 0.15) is 11.3 Å². The molecule has 1 aromatic rings. The van der Waals surface area contributed by atoms with Crippen molar-refractivity contribution in [3.05, 3.63) is 29.8 Å². The number of piperidine rings is 1. The molecule has 1 aliphatic heterocycles. The van der Waals surface area contributed by atoms with E-state index in [0.717, 1.165) is 13.0 Å². The third-order valence-electron chi connectivity index (χ3n) is 3.06. The number of para-hydroxylation sites is 1. The lowest BCUT2D eigenvalue weighted by Crippen LogP contribution is -2.50. The first-order chi connectivity index (χ1) is 7.14. The van der Waals surface area contributed by atoms with Crippen molar-refractivity contribution >= 4 is 5.78 Å². The Labute approximate surface area is 89.1 Å². The quantitative estimate of drug-likeness (QED) is 0.731. The van der Waals surface area contributed by atoms with Gasteiger partial charge in [0.05, 0.1) is 0 Å². The van der Waals surface area contributed by atoms with Crippen molar-refractivity contribution in [2.45, 2.75) is 25.3 Å². The minimum Gasteiger partial charge on any atom is -0.508 e. The van der Waals surface area contributed by atoms with Crippen LogP contribution in [0, 0.1) is 0 Å². The molecule has 1 aromatic carbocycles. The number of phenolic OH excluding ortho intramolecular Hbond substituents is 1. The second-order valence-electron chi connectivity index (χ2n) is 4.10. The Morgan fingerprint density at radius 1 is 1.40 bits per heavy atom. The smallest absolute Gasteiger partial charge is 0.157 e. The molecule has 1 aliphatic rings. The van der Waals surface area contributed by atoms with E-state index in [1.807, 2.05) is 13.0 Å². The van der Waals surface area contributed by atoms with E-state index in [9.17, 15) is 9.90 Å². The first-order valence-corrected chi connectivity index (χ1v) is 5.21. The Balaban J connectivity index is 2.44. The molecule has 0 spiro atoms. The van der Waals surface area contributed by atoms with Crippen molar-refractivity contribution in [3.8, 4) is 5.75 Å². The van der Waals surface area contributed by atoms with Crippen LogP contribution in [0.25, 0.3) is 0 Å². The fraction of sp³-hybridized carbons (Fsp3) is 0.417. The number of hydrogen-bond acceptors (Lipinski definition) is 3. The highest BCUT2D eigenvalue weighted by molar-refractivity contribution is 5.90. The van der Waals surface area contributed by atoms with Gasteiger partial charge in [0.15, 0.2) is 5.78 Å². The molecule has 0 radical (unpaired) electrons. The topological polar surface area (TPSA) is 49.3 Å². The van der Waals surface area contributed by atoms with Crippen molar-refractivity contribution < 1.29 is 9.90 Å². The van der Waals surface area contributed by atoms with E-state index in [2.05, 4.69) is 5.32 Å². The lowest BCUT2D eigenvalue weighted by molar-refractivity contribution is -0.126. The predicted octanol–water partition coefficient (Wildman–Crippen LogP) is 1.56. The van der Waals surface area contributed by atoms with Gasteiger partial charge in [-0.25, -0.2) is 0 Å². The molecule has 2 rings (SSSR count). The lowest BCUT2D eigenvalue weighted by atomic mass is 9.82. The Kier molecular flexibility index (Phi) is 2.49. The van der Waals surface area contributed by atoms with E-state index in [1.165, 1.54) is 0 Å². The first kappa shape index (κ1) is 10.2. The van der Waals surface area contributed by atoms with E-state index >= 15 is 0 Å². The Bertz CT molecular complexity index is 389. The van der Waals surface area contributed by atoms with Crippen LogP contribution in [0.15, 0.2) is 24.3 Å². The zero-order valence-electron chi connectivity index (χ0n) is 8.79. The maximum atomic E-state index is 11.9. The van der Waals surface area contributed by atoms with Gasteiger partial charge in [0, 0.05) is 12.0 Å². The maximum absolute atomic E-state index is 11.9. The van der Waals surface area contributed by atoms with Crippen LogP contribution in [0.4, 0.5) is 0 Å². The number of rotatable bonds is 1. The van der Waals surface area contributed by atoms with Crippen molar-refractivity contribution in [3.63, 3.8) is 0 Å². The van der Waals surface area contributed by atoms with Crippen LogP contribution in [-0.4, -0.2) is 17.4 Å². The molecule has 3 heteroatoms. The summed E-state index contributed by atoms with van der Waals surface area (Å²) < 4.78 is 0. The normalized spacial score (nSPS) is 26.6. The van der Waals surface area contributed by atoms with Gasteiger partial charge >= 0.3 is 0 Å². The highest BCUT2D eigenvalue weighted by Crippen LogP contribution is 2.32. The van der Waals surface area contributed by atoms with Crippen LogP contribution >= 0.6 is 0 Å². The first-order valence-electron chi connectivity index (χ1n) is 5.21. The zero-order chi connectivity index (χ0) is 10.9. The number of ketones is 1. The molecule has 1 heterocycles. The van der Waals surface area contributed by atoms with Gasteiger partial charge < -0.3 is 10.4 Å². The second kappa shape index (κ2) is 3.66. The van der Waals surface area contributed by atoms with Gasteiger partial charge in [-0.15, -0.1) is 0 Å². The van der Waals surface area contributed by atoms with Gasteiger partial charge in [0.2, 0.25) is 0 Å². The fourth-order valence-corrected chi connectivity index (χ4v) is 2.08. The molecule has 3 nitrogen and oxygen atoms in total. The monoisotopic (exact) mass is 205 g/mol. The predicted molar refractivity (Wildman–Crippen MR) is 57.7 cm³/mol. The largest absolute Gasteiger partial charge is 0.508 e. The molecule has 0 aromatic heterocycles. The van der Waals surface area contributed by atoms with E-state index in [0.29, 0.717) is 12.0 Å². The van der Waals surface area contributed by atoms with Gasteiger partial charge in [-0.3, -0.25) is 4.79 Å². The number of benzene rings is 1. The average Bonchev–Trinajstić information content (AvgIpc) is 2.23. The maximum Gasteiger partial charge on any atom is 0.157 e. The molecule has 0 bridgehead atoms. The summed E-state index contributed by atoms with van der Waals surface area (Å²) in [5.41, 5.74) is -0.0430. The van der Waals surface area contributed by atoms with Gasteiger partial charge in [-0.05, 0) is 26.0 Å². The molecule has 1 fully saturated rings. The summed E-state index contributed by atoms with van der Waals surface area (Å²) in [7, 11) is 0. The molecule has 1 unspecified atom stereocenters. The van der Waals surface area contributed by atoms with Crippen molar-refractivity contribution in [1.82, 2.24) is 5.32 Å². The number of carbonyl (C=O) groups is 1. The van der Waals surface area contributed by atoms with Crippen LogP contribution in [0.3, 0.4) is 0 Å². The Morgan fingerprint density at radius 3 is 2.80 bits per heavy atom. The molecule has 0 aliphatic carbocycles. The third-order valence-corrected chi connectivity index (χ3v) is 3.06. The Morgan fingerprint density at radius 2 is 2.13 bits per heavy atom. The fourth-order valence-electron chi connectivity index (χ4n) is 2.08. The van der Waals surface area contributed by atoms with Crippen molar-refractivity contribution in [2.24, 2.45) is 0 Å². The average molecular weight is 205 g/mol. The second-order valence-corrected chi connectivity index (χ2v) is 4.10. The van der Waals surface area contributed by atoms with E-state index in [1.54, 1.807) is 18.2 Å². The molecule has 15 heavy (non-hydrogen) atoms. The summed E-state index contributed by atoms with van der Waals surface area (Å²) in [6.45, 7) is 2.65. The number of phenols is 1. The lowest BCUT2D eigenvalue weighted by Gasteiger charge is -2.34. The van der Waals surface area contributed by atoms with Gasteiger partial charge in [0.25, 0.3) is 0 Å². The summed E-state index contributed by atoms with van der Waals surface area (Å²) >= 11 is 0. The van der Waals surface area contributed by atoms with Crippen LogP contribution in [0.2, 0.25) is 0 Å². The van der Waals surface area contributed by atoms with Crippen LogP contribution in [0.1, 0.15) is 25.3 Å². The highest BCUT2D eigenvalue weighted by Gasteiger charge is 2.38. The number of hydrogen-bond donors (Lipinski definition) is 2. The standard InChI is InChI=1S/C12H15NO2/c1-12(11(15)7-4-8-13-12)9-5-2-3-6-10(9)14/h2-3,5-6,13-14H,4,7-8H2,1H3. The highest BCUT2D eigenvalue weighted by atomic mass is 16.3. The zero-order valence-corrected chi connectivity index (χ0v) is 8.79. The molecule has 0 amide bonds. The summed E-state index contributed by atoms with van der Waals surface area (Å²) in [6, 6.07) is 7.01. The molecular formula is C12H15NO2. The summed E-state index contributed by atoms with van der Waals surface area (Å²) in [4.78, 5) is 11.9. The molecule has 1 atom stereocenters. The summed E-state index contributed by atoms with van der Waals surface area (Å²) in [5, 5.41) is 12.9. The molecular weight excluding hydrogens is 190 g/mol. The molecule has 2 N–H and O–H groups in total. The van der Waals surface area contributed by atoms with Crippen LogP contribution < -0.4 is 5.32 Å². The third kappa shape index (κ3) is 1.63. The minimum atomic E-state index is -0.719. The SMILES string of the molecule is CC1(c2ccccc2O)NCCCC1=O. The van der Waals surface area contributed by atoms with Gasteiger partial charge in [-0.1, -0.05) is 18.2 Å². The summed E-state index contributed by atoms with van der Waals surface area (Å²) in [5.74, 6) is 0.331. The Hall–Kier alpha value is -1.35. The van der Waals surface area contributed by atoms with Gasteiger partial charge in [-0.2, -0.15) is 0 Å². The number of Topliss-reactive ketones (excluding diaryl/α,β-unsaturated/α-hetero) is 1. The molecule has 0 saturated carbocycles. The molecule has 80 valence electrons. The van der Waals surface area contributed by atoms with Crippen molar-refractivity contribution in [2.75, 3.05) is 6.54 Å². The van der Waals surface area contributed by atoms with Crippen molar-refractivity contribution in [1.29, 1.82) is 0 Å². The minimum absolute atomic E-state index is 0.148. The number of carbonyl (C=O) groups excluding carboxylic acids is 1. The van der Waals surface area contributed by atoms with Crippen LogP contribution in [-0.2, 0) is 10.3 Å². The molecule has 1 saturated heterocycles. The number of nitrogens with one attached hydrogen (secondary N) is 1. The number of aromatic hydroxyl groups is 1. The van der Waals surface area contributed by atoms with E-state index in [-0.39, 0.29) is 11.5 Å². The van der Waals surface area contributed by atoms with E-state index in [4.69, 9.17) is 0 Å². The summed E-state index contributed by atoms with van der Waals surface area (Å²) in [6.07, 6.45) is 1.46. The van der Waals surface area contributed by atoms with Crippen LogP contribution in [0.5, 0.6) is 5.75 Å².